The van der Waals surface area contributed by atoms with Crippen LogP contribution in [0.2, 0.25) is 0 Å². The van der Waals surface area contributed by atoms with E-state index in [1.54, 1.807) is 79.7 Å². The Balaban J connectivity index is 1.57. The average molecular weight is 611 g/mol. The zero-order valence-corrected chi connectivity index (χ0v) is 25.6. The number of benzene rings is 4. The van der Waals surface area contributed by atoms with Crippen molar-refractivity contribution < 1.29 is 23.1 Å². The van der Waals surface area contributed by atoms with Gasteiger partial charge in [0.15, 0.2) is 5.88 Å². The van der Waals surface area contributed by atoms with Gasteiger partial charge < -0.3 is 19.7 Å². The van der Waals surface area contributed by atoms with Crippen molar-refractivity contribution in [1.29, 1.82) is 0 Å². The van der Waals surface area contributed by atoms with Crippen LogP contribution in [0, 0.1) is 0 Å². The first-order valence-electron chi connectivity index (χ1n) is 14.2. The number of esters is 1. The Hall–Kier alpha value is -4.93. The predicted molar refractivity (Wildman–Crippen MR) is 174 cm³/mol. The number of aromatic amines is 1. The van der Waals surface area contributed by atoms with E-state index in [4.69, 9.17) is 9.73 Å². The van der Waals surface area contributed by atoms with Crippen molar-refractivity contribution in [3.63, 3.8) is 0 Å². The fourth-order valence-corrected chi connectivity index (χ4v) is 6.32. The maximum atomic E-state index is 13.6. The predicted octanol–water partition coefficient (Wildman–Crippen LogP) is 5.98. The fraction of sp³-hybridized carbons (Fsp3) is 0.176. The van der Waals surface area contributed by atoms with Crippen molar-refractivity contribution in [2.75, 3.05) is 38.1 Å². The molecule has 0 atom stereocenters. The highest BCUT2D eigenvalue weighted by Gasteiger charge is 2.25. The first kappa shape index (κ1) is 30.5. The Kier molecular flexibility index (Phi) is 9.12. The topological polar surface area (TPSA) is 115 Å². The van der Waals surface area contributed by atoms with Crippen LogP contribution in [-0.2, 0) is 14.8 Å². The molecule has 0 radical (unpaired) electrons. The molecule has 0 unspecified atom stereocenters. The van der Waals surface area contributed by atoms with E-state index in [1.165, 1.54) is 4.31 Å². The molecule has 0 spiro atoms. The van der Waals surface area contributed by atoms with Crippen molar-refractivity contribution in [2.24, 2.45) is 4.99 Å². The molecular formula is C34H34N4O5S. The van der Waals surface area contributed by atoms with Gasteiger partial charge in [0.2, 0.25) is 0 Å². The van der Waals surface area contributed by atoms with Crippen molar-refractivity contribution in [3.8, 4) is 5.88 Å². The minimum atomic E-state index is -3.81. The minimum absolute atomic E-state index is 0.0935. The number of sulfonamides is 1. The molecule has 226 valence electrons. The lowest BCUT2D eigenvalue weighted by Crippen LogP contribution is -2.36. The molecule has 0 saturated heterocycles. The van der Waals surface area contributed by atoms with Crippen LogP contribution in [0.4, 0.5) is 11.4 Å². The van der Waals surface area contributed by atoms with Gasteiger partial charge in [-0.15, -0.1) is 0 Å². The molecule has 9 nitrogen and oxygen atoms in total. The summed E-state index contributed by atoms with van der Waals surface area (Å²) in [5, 5.41) is 11.7. The summed E-state index contributed by atoms with van der Waals surface area (Å²) in [5.41, 5.74) is 3.75. The summed E-state index contributed by atoms with van der Waals surface area (Å²) in [4.78, 5) is 22.4. The van der Waals surface area contributed by atoms with E-state index in [1.807, 2.05) is 49.3 Å². The summed E-state index contributed by atoms with van der Waals surface area (Å²) in [7, 11) is -0.0131. The summed E-state index contributed by atoms with van der Waals surface area (Å²) in [6.45, 7) is 2.79. The third-order valence-corrected chi connectivity index (χ3v) is 8.88. The second-order valence-corrected chi connectivity index (χ2v) is 12.2. The van der Waals surface area contributed by atoms with Crippen LogP contribution in [0.5, 0.6) is 5.88 Å². The fourth-order valence-electron chi connectivity index (χ4n) is 4.85. The molecule has 0 amide bonds. The van der Waals surface area contributed by atoms with Crippen LogP contribution in [-0.4, -0.2) is 68.9 Å². The lowest BCUT2D eigenvalue weighted by atomic mass is 10.00. The normalized spacial score (nSPS) is 12.0. The van der Waals surface area contributed by atoms with Gasteiger partial charge in [0.05, 0.1) is 39.7 Å². The van der Waals surface area contributed by atoms with E-state index in [-0.39, 0.29) is 23.9 Å². The third kappa shape index (κ3) is 6.51. The lowest BCUT2D eigenvalue weighted by molar-refractivity contribution is 0.0526. The van der Waals surface area contributed by atoms with Crippen molar-refractivity contribution >= 4 is 44.0 Å². The van der Waals surface area contributed by atoms with Crippen LogP contribution < -0.4 is 4.31 Å². The van der Waals surface area contributed by atoms with E-state index in [2.05, 4.69) is 4.98 Å². The molecule has 0 bridgehead atoms. The number of likely N-dealkylation sites (N-methyl/N-ethyl adjacent to an activating group) is 1. The monoisotopic (exact) mass is 610 g/mol. The molecule has 5 rings (SSSR count). The van der Waals surface area contributed by atoms with Gasteiger partial charge in [0.25, 0.3) is 10.0 Å². The largest absolute Gasteiger partial charge is 0.494 e. The maximum Gasteiger partial charge on any atom is 0.338 e. The van der Waals surface area contributed by atoms with E-state index < -0.39 is 16.0 Å². The highest BCUT2D eigenvalue weighted by atomic mass is 32.2. The minimum Gasteiger partial charge on any atom is -0.494 e. The lowest BCUT2D eigenvalue weighted by Gasteiger charge is -2.26. The molecule has 1 heterocycles. The van der Waals surface area contributed by atoms with Gasteiger partial charge in [-0.1, -0.05) is 54.6 Å². The van der Waals surface area contributed by atoms with E-state index in [9.17, 15) is 18.3 Å². The number of carbonyl (C=O) groups excluding carboxylic acids is 1. The quantitative estimate of drug-likeness (QED) is 0.141. The number of nitrogens with zero attached hydrogens (tertiary/aromatic N) is 3. The van der Waals surface area contributed by atoms with Crippen molar-refractivity contribution in [2.45, 2.75) is 11.8 Å². The van der Waals surface area contributed by atoms with Crippen LogP contribution in [0.3, 0.4) is 0 Å². The number of aromatic hydroxyl groups is 1. The Labute approximate surface area is 257 Å². The number of hydrogen-bond donors (Lipinski definition) is 2. The molecule has 5 aromatic rings. The van der Waals surface area contributed by atoms with Gasteiger partial charge in [-0.2, -0.15) is 0 Å². The van der Waals surface area contributed by atoms with Crippen LogP contribution >= 0.6 is 0 Å². The summed E-state index contributed by atoms with van der Waals surface area (Å²) in [5.74, 6) is -0.542. The number of carbonyl (C=O) groups is 1. The van der Waals surface area contributed by atoms with Crippen LogP contribution in [0.25, 0.3) is 10.9 Å². The molecule has 0 saturated carbocycles. The van der Waals surface area contributed by atoms with Gasteiger partial charge in [-0.3, -0.25) is 4.31 Å². The highest BCUT2D eigenvalue weighted by molar-refractivity contribution is 7.92. The Morgan fingerprint density at radius 1 is 0.864 bits per heavy atom. The molecule has 0 aliphatic rings. The third-order valence-electron chi connectivity index (χ3n) is 7.03. The number of aromatic nitrogens is 1. The second-order valence-electron chi connectivity index (χ2n) is 10.4. The van der Waals surface area contributed by atoms with Gasteiger partial charge in [-0.25, -0.2) is 18.2 Å². The van der Waals surface area contributed by atoms with Gasteiger partial charge in [0, 0.05) is 29.6 Å². The first-order valence-corrected chi connectivity index (χ1v) is 15.6. The Morgan fingerprint density at radius 2 is 1.52 bits per heavy atom. The number of fused-ring (bicyclic) bond motifs is 1. The van der Waals surface area contributed by atoms with Crippen molar-refractivity contribution in [3.05, 3.63) is 120 Å². The van der Waals surface area contributed by atoms with Crippen LogP contribution in [0.1, 0.15) is 28.4 Å². The Morgan fingerprint density at radius 3 is 2.16 bits per heavy atom. The average Bonchev–Trinajstić information content (AvgIpc) is 3.36. The molecule has 1 aromatic heterocycles. The van der Waals surface area contributed by atoms with E-state index >= 15 is 0 Å². The number of rotatable bonds is 11. The highest BCUT2D eigenvalue weighted by Crippen LogP contribution is 2.33. The smallest absolute Gasteiger partial charge is 0.338 e. The molecule has 10 heteroatoms. The number of anilines is 1. The van der Waals surface area contributed by atoms with Gasteiger partial charge in [0.1, 0.15) is 0 Å². The van der Waals surface area contributed by atoms with E-state index in [0.29, 0.717) is 45.7 Å². The molecule has 4 aromatic carbocycles. The molecule has 0 aliphatic heterocycles. The Bertz CT molecular complexity index is 1890. The molecular weight excluding hydrogens is 576 g/mol. The SMILES string of the molecule is CCOC(=O)c1ccc2c(C(=Nc3ccc(N(CCN(C)C)S(=O)(=O)c4ccccc4)cc3)c3ccccc3)c(O)[nH]c2c1. The zero-order valence-electron chi connectivity index (χ0n) is 24.8. The summed E-state index contributed by atoms with van der Waals surface area (Å²) in [6, 6.07) is 29.9. The number of hydrogen-bond acceptors (Lipinski definition) is 7. The first-order chi connectivity index (χ1) is 21.2. The summed E-state index contributed by atoms with van der Waals surface area (Å²) in [6.07, 6.45) is 0. The number of H-pyrrole nitrogens is 1. The number of nitrogens with one attached hydrogen (secondary N) is 1. The van der Waals surface area contributed by atoms with Crippen LogP contribution in [0.15, 0.2) is 113 Å². The van der Waals surface area contributed by atoms with Gasteiger partial charge in [-0.05, 0) is 69.6 Å². The number of ether oxygens (including phenoxy) is 1. The maximum absolute atomic E-state index is 13.6. The molecule has 0 aliphatic carbocycles. The van der Waals surface area contributed by atoms with E-state index in [0.717, 1.165) is 5.56 Å². The number of aliphatic imine (C=N–C) groups is 1. The zero-order chi connectivity index (χ0) is 31.3. The standard InChI is InChI=1S/C34H34N4O5S/c1-4-43-34(40)25-15-20-29-30(23-25)36-33(39)31(29)32(24-11-7-5-8-12-24)35-26-16-18-27(19-17-26)38(22-21-37(2)3)44(41,42)28-13-9-6-10-14-28/h5-20,23,36,39H,4,21-22H2,1-3H3. The second kappa shape index (κ2) is 13.2. The van der Waals surface area contributed by atoms with Crippen molar-refractivity contribution in [1.82, 2.24) is 9.88 Å². The molecule has 2 N–H and O–H groups in total. The molecule has 0 fully saturated rings. The molecule has 44 heavy (non-hydrogen) atoms. The summed E-state index contributed by atoms with van der Waals surface area (Å²) < 4.78 is 33.8. The van der Waals surface area contributed by atoms with Gasteiger partial charge >= 0.3 is 5.97 Å². The summed E-state index contributed by atoms with van der Waals surface area (Å²) >= 11 is 0.